The number of carbonyl (C=O) groups is 1. The molecule has 29 heavy (non-hydrogen) atoms. The minimum absolute atomic E-state index is 0.0289. The molecule has 5 nitrogen and oxygen atoms in total. The SMILES string of the molecule is C=Cc1c(C)cc(-c2cncs2)cc1C(=O)NC1CCC(OCCCOC)CC1. The van der Waals surface area contributed by atoms with Crippen LogP contribution in [0.15, 0.2) is 30.4 Å². The van der Waals surface area contributed by atoms with E-state index in [1.165, 1.54) is 0 Å². The van der Waals surface area contributed by atoms with Gasteiger partial charge in [0.1, 0.15) is 0 Å². The molecule has 0 bridgehead atoms. The van der Waals surface area contributed by atoms with E-state index < -0.39 is 0 Å². The summed E-state index contributed by atoms with van der Waals surface area (Å²) in [6.07, 6.45) is 8.66. The van der Waals surface area contributed by atoms with Crippen LogP contribution in [0.1, 0.15) is 53.6 Å². The first-order valence-electron chi connectivity index (χ1n) is 10.2. The number of nitrogens with one attached hydrogen (secondary N) is 1. The Labute approximate surface area is 177 Å². The summed E-state index contributed by atoms with van der Waals surface area (Å²) in [5.74, 6) is -0.0289. The quantitative estimate of drug-likeness (QED) is 0.596. The highest BCUT2D eigenvalue weighted by atomic mass is 32.1. The largest absolute Gasteiger partial charge is 0.385 e. The van der Waals surface area contributed by atoms with Crippen molar-refractivity contribution in [3.8, 4) is 10.4 Å². The number of amides is 1. The van der Waals surface area contributed by atoms with E-state index in [1.807, 2.05) is 24.7 Å². The second-order valence-electron chi connectivity index (χ2n) is 7.49. The fourth-order valence-electron chi connectivity index (χ4n) is 3.85. The van der Waals surface area contributed by atoms with Gasteiger partial charge in [-0.1, -0.05) is 12.7 Å². The number of methoxy groups -OCH3 is 1. The van der Waals surface area contributed by atoms with Crippen molar-refractivity contribution in [1.29, 1.82) is 0 Å². The third-order valence-corrected chi connectivity index (χ3v) is 6.23. The fraction of sp³-hybridized carbons (Fsp3) is 0.478. The van der Waals surface area contributed by atoms with Gasteiger partial charge in [0.2, 0.25) is 0 Å². The number of thiazole rings is 1. The Bertz CT molecular complexity index is 812. The van der Waals surface area contributed by atoms with E-state index in [0.717, 1.165) is 66.9 Å². The molecule has 0 radical (unpaired) electrons. The molecule has 3 rings (SSSR count). The molecule has 1 amide bonds. The smallest absolute Gasteiger partial charge is 0.252 e. The highest BCUT2D eigenvalue weighted by molar-refractivity contribution is 7.13. The molecule has 0 atom stereocenters. The van der Waals surface area contributed by atoms with Crippen LogP contribution in [0.3, 0.4) is 0 Å². The molecule has 0 aliphatic heterocycles. The van der Waals surface area contributed by atoms with Crippen LogP contribution in [0.5, 0.6) is 0 Å². The van der Waals surface area contributed by atoms with Crippen molar-refractivity contribution in [2.75, 3.05) is 20.3 Å². The Hall–Kier alpha value is -2.02. The number of hydrogen-bond acceptors (Lipinski definition) is 5. The average molecular weight is 415 g/mol. The number of hydrogen-bond donors (Lipinski definition) is 1. The standard InChI is InChI=1S/C23H30N2O3S/c1-4-20-16(2)12-17(22-14-24-15-29-22)13-21(20)23(26)25-18-6-8-19(9-7-18)28-11-5-10-27-3/h4,12-15,18-19H,1,5-11H2,2-3H3,(H,25,26). The summed E-state index contributed by atoms with van der Waals surface area (Å²) in [6.45, 7) is 7.40. The number of aromatic nitrogens is 1. The van der Waals surface area contributed by atoms with Crippen molar-refractivity contribution >= 4 is 23.3 Å². The van der Waals surface area contributed by atoms with Gasteiger partial charge in [-0.3, -0.25) is 9.78 Å². The third kappa shape index (κ3) is 5.75. The molecule has 0 saturated heterocycles. The first-order valence-corrected chi connectivity index (χ1v) is 11.1. The molecule has 0 unspecified atom stereocenters. The summed E-state index contributed by atoms with van der Waals surface area (Å²) in [6, 6.07) is 4.23. The van der Waals surface area contributed by atoms with Crippen LogP contribution in [0.4, 0.5) is 0 Å². The van der Waals surface area contributed by atoms with Crippen molar-refractivity contribution in [2.24, 2.45) is 0 Å². The Kier molecular flexibility index (Phi) is 7.98. The van der Waals surface area contributed by atoms with Crippen LogP contribution in [-0.4, -0.2) is 43.4 Å². The van der Waals surface area contributed by atoms with Crippen LogP contribution in [0.25, 0.3) is 16.5 Å². The molecule has 1 N–H and O–H groups in total. The minimum Gasteiger partial charge on any atom is -0.385 e. The van der Waals surface area contributed by atoms with Crippen molar-refractivity contribution in [3.05, 3.63) is 47.1 Å². The molecule has 1 aromatic carbocycles. The maximum Gasteiger partial charge on any atom is 0.252 e. The second-order valence-corrected chi connectivity index (χ2v) is 8.37. The fourth-order valence-corrected chi connectivity index (χ4v) is 4.46. The Morgan fingerprint density at radius 1 is 1.31 bits per heavy atom. The topological polar surface area (TPSA) is 60.5 Å². The van der Waals surface area contributed by atoms with Crippen LogP contribution >= 0.6 is 11.3 Å². The van der Waals surface area contributed by atoms with Crippen molar-refractivity contribution in [2.45, 2.75) is 51.2 Å². The second kappa shape index (κ2) is 10.7. The average Bonchev–Trinajstić information content (AvgIpc) is 3.26. The Morgan fingerprint density at radius 3 is 2.76 bits per heavy atom. The molecule has 1 fully saturated rings. The molecule has 1 saturated carbocycles. The zero-order chi connectivity index (χ0) is 20.6. The summed E-state index contributed by atoms with van der Waals surface area (Å²) in [7, 11) is 1.71. The number of aryl methyl sites for hydroxylation is 1. The molecule has 1 aliphatic rings. The van der Waals surface area contributed by atoms with Crippen LogP contribution in [0.2, 0.25) is 0 Å². The monoisotopic (exact) mass is 414 g/mol. The van der Waals surface area contributed by atoms with Crippen molar-refractivity contribution in [1.82, 2.24) is 10.3 Å². The molecule has 1 aliphatic carbocycles. The van der Waals surface area contributed by atoms with Gasteiger partial charge in [-0.05, 0) is 67.9 Å². The first-order chi connectivity index (χ1) is 14.1. The number of benzene rings is 1. The molecule has 1 aromatic heterocycles. The van der Waals surface area contributed by atoms with Gasteiger partial charge in [-0.2, -0.15) is 0 Å². The Morgan fingerprint density at radius 2 is 2.10 bits per heavy atom. The number of nitrogens with zero attached hydrogens (tertiary/aromatic N) is 1. The maximum atomic E-state index is 13.1. The summed E-state index contributed by atoms with van der Waals surface area (Å²) in [5.41, 5.74) is 5.45. The van der Waals surface area contributed by atoms with Crippen LogP contribution in [0, 0.1) is 6.92 Å². The van der Waals surface area contributed by atoms with E-state index in [1.54, 1.807) is 24.5 Å². The zero-order valence-corrected chi connectivity index (χ0v) is 18.1. The van der Waals surface area contributed by atoms with Gasteiger partial charge in [-0.15, -0.1) is 11.3 Å². The van der Waals surface area contributed by atoms with E-state index >= 15 is 0 Å². The van der Waals surface area contributed by atoms with Gasteiger partial charge >= 0.3 is 0 Å². The highest BCUT2D eigenvalue weighted by Gasteiger charge is 2.24. The lowest BCUT2D eigenvalue weighted by Gasteiger charge is -2.29. The summed E-state index contributed by atoms with van der Waals surface area (Å²) in [5, 5.41) is 3.23. The van der Waals surface area contributed by atoms with E-state index in [-0.39, 0.29) is 11.9 Å². The molecule has 1 heterocycles. The third-order valence-electron chi connectivity index (χ3n) is 5.41. The van der Waals surface area contributed by atoms with E-state index in [2.05, 4.69) is 22.9 Å². The minimum atomic E-state index is -0.0289. The summed E-state index contributed by atoms with van der Waals surface area (Å²) < 4.78 is 11.0. The van der Waals surface area contributed by atoms with Crippen LogP contribution in [-0.2, 0) is 9.47 Å². The molecule has 2 aromatic rings. The van der Waals surface area contributed by atoms with Gasteiger partial charge in [-0.25, -0.2) is 0 Å². The molecule has 0 spiro atoms. The van der Waals surface area contributed by atoms with E-state index in [4.69, 9.17) is 9.47 Å². The zero-order valence-electron chi connectivity index (χ0n) is 17.3. The normalized spacial score (nSPS) is 19.1. The number of carbonyl (C=O) groups excluding carboxylic acids is 1. The molecular weight excluding hydrogens is 384 g/mol. The number of rotatable bonds is 9. The van der Waals surface area contributed by atoms with Gasteiger partial charge in [0.25, 0.3) is 5.91 Å². The van der Waals surface area contributed by atoms with Crippen molar-refractivity contribution in [3.63, 3.8) is 0 Å². The maximum absolute atomic E-state index is 13.1. The van der Waals surface area contributed by atoms with E-state index in [9.17, 15) is 4.79 Å². The van der Waals surface area contributed by atoms with Crippen LogP contribution < -0.4 is 5.32 Å². The lowest BCUT2D eigenvalue weighted by Crippen LogP contribution is -2.39. The van der Waals surface area contributed by atoms with Gasteiger partial charge in [0.05, 0.1) is 16.5 Å². The Balaban J connectivity index is 1.62. The summed E-state index contributed by atoms with van der Waals surface area (Å²) >= 11 is 1.57. The van der Waals surface area contributed by atoms with Gasteiger partial charge in [0, 0.05) is 38.1 Å². The predicted octanol–water partition coefficient (Wildman–Crippen LogP) is 4.86. The van der Waals surface area contributed by atoms with Gasteiger partial charge in [0.15, 0.2) is 0 Å². The first kappa shape index (κ1) is 21.7. The van der Waals surface area contributed by atoms with E-state index in [0.29, 0.717) is 11.7 Å². The lowest BCUT2D eigenvalue weighted by atomic mass is 9.92. The predicted molar refractivity (Wildman–Crippen MR) is 118 cm³/mol. The lowest BCUT2D eigenvalue weighted by molar-refractivity contribution is 0.0131. The molecule has 156 valence electrons. The van der Waals surface area contributed by atoms with Gasteiger partial charge < -0.3 is 14.8 Å². The summed E-state index contributed by atoms with van der Waals surface area (Å²) in [4.78, 5) is 18.3. The number of ether oxygens (including phenoxy) is 2. The molecular formula is C23H30N2O3S. The molecule has 6 heteroatoms. The highest BCUT2D eigenvalue weighted by Crippen LogP contribution is 2.29. The van der Waals surface area contributed by atoms with Crippen molar-refractivity contribution < 1.29 is 14.3 Å².